The first-order chi connectivity index (χ1) is 17.6. The maximum atomic E-state index is 13.3. The van der Waals surface area contributed by atoms with Crippen molar-refractivity contribution in [3.63, 3.8) is 0 Å². The molecule has 17 heteroatoms. The second kappa shape index (κ2) is 18.2. The molecule has 38 heavy (non-hydrogen) atoms. The maximum Gasteiger partial charge on any atom is 0.511 e. The molecule has 0 radical (unpaired) electrons. The first-order valence-electron chi connectivity index (χ1n) is 11.4. The van der Waals surface area contributed by atoms with Crippen molar-refractivity contribution in [1.82, 2.24) is 0 Å². The number of carboxylic acid groups (broad SMARTS) is 1. The highest BCUT2D eigenvalue weighted by atomic mass is 31.2. The van der Waals surface area contributed by atoms with Crippen LogP contribution >= 0.6 is 7.60 Å². The van der Waals surface area contributed by atoms with E-state index >= 15 is 0 Å². The average Bonchev–Trinajstić information content (AvgIpc) is 2.74. The van der Waals surface area contributed by atoms with E-state index in [-0.39, 0.29) is 0 Å². The molecule has 0 aliphatic heterocycles. The Labute approximate surface area is 219 Å². The highest BCUT2D eigenvalue weighted by molar-refractivity contribution is 7.53. The fourth-order valence-corrected chi connectivity index (χ4v) is 3.82. The van der Waals surface area contributed by atoms with Gasteiger partial charge in [0.05, 0.1) is 30.4 Å². The summed E-state index contributed by atoms with van der Waals surface area (Å²) in [5.74, 6) is -3.82. The molecule has 1 atom stereocenters. The van der Waals surface area contributed by atoms with Gasteiger partial charge in [0.25, 0.3) is 0 Å². The van der Waals surface area contributed by atoms with Crippen molar-refractivity contribution >= 4 is 38.0 Å². The van der Waals surface area contributed by atoms with Gasteiger partial charge in [-0.15, -0.1) is 0 Å². The Bertz CT molecular complexity index is 792. The van der Waals surface area contributed by atoms with Crippen LogP contribution in [-0.2, 0) is 56.4 Å². The van der Waals surface area contributed by atoms with Gasteiger partial charge in [0.1, 0.15) is 0 Å². The fourth-order valence-electron chi connectivity index (χ4n) is 2.24. The van der Waals surface area contributed by atoms with Crippen LogP contribution in [0, 0.1) is 5.92 Å². The molecule has 1 N–H and O–H groups in total. The number of rotatable bonds is 17. The summed E-state index contributed by atoms with van der Waals surface area (Å²) in [6, 6.07) is 0. The van der Waals surface area contributed by atoms with E-state index in [9.17, 15) is 28.5 Å². The normalized spacial score (nSPS) is 12.0. The van der Waals surface area contributed by atoms with Crippen molar-refractivity contribution in [3.8, 4) is 0 Å². The smallest absolute Gasteiger partial charge is 0.481 e. The molecule has 0 fully saturated rings. The second-order valence-electron chi connectivity index (χ2n) is 8.18. The number of carbonyl (C=O) groups excluding carboxylic acids is 4. The highest BCUT2D eigenvalue weighted by Gasteiger charge is 2.35. The lowest BCUT2D eigenvalue weighted by Gasteiger charge is -2.22. The predicted molar refractivity (Wildman–Crippen MR) is 124 cm³/mol. The minimum atomic E-state index is -4.43. The topological polar surface area (TPSA) is 206 Å². The summed E-state index contributed by atoms with van der Waals surface area (Å²) in [6.07, 6.45) is -6.72. The molecule has 0 amide bonds. The second-order valence-corrected chi connectivity index (χ2v) is 10.3. The van der Waals surface area contributed by atoms with Crippen LogP contribution in [0.4, 0.5) is 14.4 Å². The van der Waals surface area contributed by atoms with E-state index in [1.54, 1.807) is 41.5 Å². The quantitative estimate of drug-likeness (QED) is 0.113. The molecule has 0 heterocycles. The molecule has 0 aromatic rings. The Morgan fingerprint density at radius 1 is 0.658 bits per heavy atom. The van der Waals surface area contributed by atoms with Gasteiger partial charge in [-0.3, -0.25) is 23.2 Å². The van der Waals surface area contributed by atoms with Gasteiger partial charge in [-0.1, -0.05) is 0 Å². The summed E-state index contributed by atoms with van der Waals surface area (Å²) in [4.78, 5) is 58.2. The van der Waals surface area contributed by atoms with Gasteiger partial charge < -0.3 is 38.3 Å². The number of hydrogen-bond donors (Lipinski definition) is 1. The van der Waals surface area contributed by atoms with Crippen molar-refractivity contribution in [1.29, 1.82) is 0 Å². The van der Waals surface area contributed by atoms with E-state index in [0.717, 1.165) is 0 Å². The molecular weight excluding hydrogens is 539 g/mol. The molecule has 1 unspecified atom stereocenters. The molecule has 0 bridgehead atoms. The van der Waals surface area contributed by atoms with Crippen LogP contribution in [0.2, 0.25) is 0 Å². The Balaban J connectivity index is 5.42. The van der Waals surface area contributed by atoms with E-state index < -0.39 is 102 Å². The Morgan fingerprint density at radius 3 is 1.42 bits per heavy atom. The lowest BCUT2D eigenvalue weighted by molar-refractivity contribution is -0.158. The largest absolute Gasteiger partial charge is 0.511 e. The van der Waals surface area contributed by atoms with Crippen LogP contribution in [0.15, 0.2) is 0 Å². The molecule has 0 saturated heterocycles. The first-order valence-corrected chi connectivity index (χ1v) is 13.1. The SMILES string of the molecule is CC(C)OC(=O)OCOC(=O)C(CCC(=O)O)CP(=O)(OCOC(=O)OC(C)C)OCOC(=O)OC(C)C. The van der Waals surface area contributed by atoms with E-state index in [1.807, 2.05) is 0 Å². The molecule has 16 nitrogen and oxygen atoms in total. The molecule has 0 aromatic carbocycles. The van der Waals surface area contributed by atoms with Gasteiger partial charge in [-0.2, -0.15) is 0 Å². The standard InChI is InChI=1S/C21H35O16P/c1-13(2)35-19(25)30-10-29-18(24)16(7-8-17(22)23)9-38(28,33-11-31-20(26)36-14(3)4)34-12-32-21(27)37-15(5)6/h13-16H,7-12H2,1-6H3,(H,22,23). The molecule has 0 spiro atoms. The van der Waals surface area contributed by atoms with Gasteiger partial charge >= 0.3 is 38.0 Å². The van der Waals surface area contributed by atoms with Crippen molar-refractivity contribution in [2.45, 2.75) is 72.7 Å². The molecule has 0 saturated carbocycles. The molecule has 0 aliphatic rings. The number of ether oxygens (including phenoxy) is 7. The molecular formula is C21H35O16P. The number of carbonyl (C=O) groups is 5. The average molecular weight is 574 g/mol. The highest BCUT2D eigenvalue weighted by Crippen LogP contribution is 2.50. The van der Waals surface area contributed by atoms with Gasteiger partial charge in [0.2, 0.25) is 20.4 Å². The first kappa shape index (κ1) is 34.9. The van der Waals surface area contributed by atoms with Gasteiger partial charge in [0.15, 0.2) is 0 Å². The van der Waals surface area contributed by atoms with Crippen LogP contribution in [0.25, 0.3) is 0 Å². The summed E-state index contributed by atoms with van der Waals surface area (Å²) >= 11 is 0. The third-order valence-electron chi connectivity index (χ3n) is 3.71. The minimum absolute atomic E-state index is 0.395. The van der Waals surface area contributed by atoms with Crippen LogP contribution in [0.1, 0.15) is 54.4 Å². The summed E-state index contributed by atoms with van der Waals surface area (Å²) in [6.45, 7) is 6.53. The minimum Gasteiger partial charge on any atom is -0.481 e. The van der Waals surface area contributed by atoms with Crippen LogP contribution < -0.4 is 0 Å². The maximum absolute atomic E-state index is 13.3. The van der Waals surface area contributed by atoms with Crippen LogP contribution in [0.5, 0.6) is 0 Å². The van der Waals surface area contributed by atoms with Gasteiger partial charge in [-0.05, 0) is 48.0 Å². The Hall–Kier alpha value is -3.10. The number of esters is 1. The van der Waals surface area contributed by atoms with Crippen LogP contribution in [0.3, 0.4) is 0 Å². The summed E-state index contributed by atoms with van der Waals surface area (Å²) < 4.78 is 56.2. The molecule has 220 valence electrons. The zero-order chi connectivity index (χ0) is 29.3. The van der Waals surface area contributed by atoms with E-state index in [0.29, 0.717) is 0 Å². The molecule has 0 aliphatic carbocycles. The van der Waals surface area contributed by atoms with Crippen molar-refractivity contribution in [3.05, 3.63) is 0 Å². The summed E-state index contributed by atoms with van der Waals surface area (Å²) in [5, 5.41) is 9.01. The van der Waals surface area contributed by atoms with Crippen molar-refractivity contribution in [2.24, 2.45) is 5.92 Å². The molecule has 0 rings (SSSR count). The lowest BCUT2D eigenvalue weighted by Crippen LogP contribution is -2.26. The van der Waals surface area contributed by atoms with E-state index in [1.165, 1.54) is 0 Å². The fraction of sp³-hybridized carbons (Fsp3) is 0.762. The zero-order valence-corrected chi connectivity index (χ0v) is 23.0. The number of carboxylic acids is 1. The summed E-state index contributed by atoms with van der Waals surface area (Å²) in [7, 11) is -4.43. The third-order valence-corrected chi connectivity index (χ3v) is 5.60. The van der Waals surface area contributed by atoms with Gasteiger partial charge in [-0.25, -0.2) is 14.4 Å². The lowest BCUT2D eigenvalue weighted by atomic mass is 10.1. The monoisotopic (exact) mass is 574 g/mol. The van der Waals surface area contributed by atoms with Crippen molar-refractivity contribution < 1.29 is 75.8 Å². The number of aliphatic carboxylic acids is 1. The molecule has 0 aromatic heterocycles. The van der Waals surface area contributed by atoms with Crippen LogP contribution in [-0.4, -0.2) is 80.4 Å². The van der Waals surface area contributed by atoms with E-state index in [2.05, 4.69) is 14.2 Å². The van der Waals surface area contributed by atoms with E-state index in [4.69, 9.17) is 33.1 Å². The van der Waals surface area contributed by atoms with Crippen molar-refractivity contribution in [2.75, 3.05) is 26.5 Å². The van der Waals surface area contributed by atoms with Gasteiger partial charge in [0, 0.05) is 6.42 Å². The number of hydrogen-bond acceptors (Lipinski definition) is 15. The predicted octanol–water partition coefficient (Wildman–Crippen LogP) is 3.79. The zero-order valence-electron chi connectivity index (χ0n) is 22.1. The third kappa shape index (κ3) is 18.2. The summed E-state index contributed by atoms with van der Waals surface area (Å²) in [5.41, 5.74) is 0. The Morgan fingerprint density at radius 2 is 1.05 bits per heavy atom. The Kier molecular flexibility index (Phi) is 16.7.